The Balaban J connectivity index is 1.73. The molecule has 0 bridgehead atoms. The van der Waals surface area contributed by atoms with Crippen molar-refractivity contribution in [1.29, 1.82) is 0 Å². The molecule has 0 aliphatic carbocycles. The van der Waals surface area contributed by atoms with Crippen molar-refractivity contribution in [2.45, 2.75) is 13.5 Å². The first-order chi connectivity index (χ1) is 11.5. The molecular formula is C17H15ClN4O2. The molecule has 0 aliphatic rings. The zero-order valence-electron chi connectivity index (χ0n) is 12.9. The Labute approximate surface area is 143 Å². The molecule has 24 heavy (non-hydrogen) atoms. The van der Waals surface area contributed by atoms with Crippen LogP contribution in [0.15, 0.2) is 47.0 Å². The van der Waals surface area contributed by atoms with Crippen LogP contribution in [0.3, 0.4) is 0 Å². The van der Waals surface area contributed by atoms with Gasteiger partial charge in [-0.2, -0.15) is 4.98 Å². The third kappa shape index (κ3) is 3.55. The van der Waals surface area contributed by atoms with Crippen LogP contribution in [0.1, 0.15) is 21.8 Å². The van der Waals surface area contributed by atoms with E-state index in [1.807, 2.05) is 31.2 Å². The molecule has 0 spiro atoms. The number of primary amides is 1. The minimum Gasteiger partial charge on any atom is -0.375 e. The summed E-state index contributed by atoms with van der Waals surface area (Å²) in [7, 11) is 0. The summed E-state index contributed by atoms with van der Waals surface area (Å²) in [6.07, 6.45) is 0. The molecule has 1 aromatic heterocycles. The average molecular weight is 343 g/mol. The first kappa shape index (κ1) is 16.0. The fourth-order valence-corrected chi connectivity index (χ4v) is 2.32. The second kappa shape index (κ2) is 6.72. The fraction of sp³-hybridized carbons (Fsp3) is 0.118. The number of rotatable bonds is 5. The number of aromatic nitrogens is 2. The number of carbonyl (C=O) groups excluding carboxylic acids is 1. The maximum atomic E-state index is 11.2. The predicted octanol–water partition coefficient (Wildman–Crippen LogP) is 3.41. The van der Waals surface area contributed by atoms with Gasteiger partial charge in [0.1, 0.15) is 0 Å². The van der Waals surface area contributed by atoms with Gasteiger partial charge in [0.15, 0.2) is 0 Å². The standard InChI is InChI=1S/C17H15ClN4O2/c1-10-2-4-11(5-3-10)17-21-15(24-22-17)9-20-14-8-12(16(19)23)6-7-13(14)18/h2-8,20H,9H2,1H3,(H2,19,23). The lowest BCUT2D eigenvalue weighted by Gasteiger charge is -2.07. The van der Waals surface area contributed by atoms with Crippen molar-refractivity contribution in [3.05, 3.63) is 64.5 Å². The van der Waals surface area contributed by atoms with Crippen molar-refractivity contribution in [3.8, 4) is 11.4 Å². The number of halogens is 1. The molecule has 3 N–H and O–H groups in total. The normalized spacial score (nSPS) is 10.6. The van der Waals surface area contributed by atoms with Gasteiger partial charge in [-0.3, -0.25) is 4.79 Å². The number of nitrogens with two attached hydrogens (primary N) is 1. The van der Waals surface area contributed by atoms with Gasteiger partial charge < -0.3 is 15.6 Å². The largest absolute Gasteiger partial charge is 0.375 e. The minimum atomic E-state index is -0.519. The molecule has 0 saturated heterocycles. The van der Waals surface area contributed by atoms with Crippen LogP contribution in [0.25, 0.3) is 11.4 Å². The zero-order chi connectivity index (χ0) is 17.1. The second-order valence-electron chi connectivity index (χ2n) is 5.29. The van der Waals surface area contributed by atoms with Crippen LogP contribution in [0.5, 0.6) is 0 Å². The molecule has 0 radical (unpaired) electrons. The zero-order valence-corrected chi connectivity index (χ0v) is 13.7. The Bertz CT molecular complexity index is 875. The summed E-state index contributed by atoms with van der Waals surface area (Å²) in [4.78, 5) is 15.6. The van der Waals surface area contributed by atoms with Crippen molar-refractivity contribution < 1.29 is 9.32 Å². The summed E-state index contributed by atoms with van der Waals surface area (Å²) in [5, 5.41) is 7.50. The van der Waals surface area contributed by atoms with E-state index in [2.05, 4.69) is 15.5 Å². The summed E-state index contributed by atoms with van der Waals surface area (Å²) in [5.74, 6) is 0.407. The smallest absolute Gasteiger partial charge is 0.248 e. The molecular weight excluding hydrogens is 328 g/mol. The third-order valence-corrected chi connectivity index (χ3v) is 3.79. The van der Waals surface area contributed by atoms with Gasteiger partial charge in [0.2, 0.25) is 17.6 Å². The summed E-state index contributed by atoms with van der Waals surface area (Å²) >= 11 is 6.10. The van der Waals surface area contributed by atoms with E-state index in [9.17, 15) is 4.79 Å². The van der Waals surface area contributed by atoms with Gasteiger partial charge >= 0.3 is 0 Å². The third-order valence-electron chi connectivity index (χ3n) is 3.46. The molecule has 1 amide bonds. The lowest BCUT2D eigenvalue weighted by Crippen LogP contribution is -2.11. The van der Waals surface area contributed by atoms with Gasteiger partial charge in [-0.05, 0) is 25.1 Å². The molecule has 2 aromatic carbocycles. The molecule has 122 valence electrons. The van der Waals surface area contributed by atoms with E-state index in [-0.39, 0.29) is 6.54 Å². The van der Waals surface area contributed by atoms with Crippen LogP contribution in [0.2, 0.25) is 5.02 Å². The van der Waals surface area contributed by atoms with E-state index in [0.29, 0.717) is 28.0 Å². The molecule has 1 heterocycles. The topological polar surface area (TPSA) is 94.0 Å². The SMILES string of the molecule is Cc1ccc(-c2noc(CNc3cc(C(N)=O)ccc3Cl)n2)cc1. The summed E-state index contributed by atoms with van der Waals surface area (Å²) in [6.45, 7) is 2.29. The van der Waals surface area contributed by atoms with Gasteiger partial charge in [-0.15, -0.1) is 0 Å². The van der Waals surface area contributed by atoms with Gasteiger partial charge in [0.05, 0.1) is 17.3 Å². The van der Waals surface area contributed by atoms with E-state index in [1.54, 1.807) is 18.2 Å². The van der Waals surface area contributed by atoms with Crippen molar-refractivity contribution in [2.24, 2.45) is 5.73 Å². The van der Waals surface area contributed by atoms with E-state index >= 15 is 0 Å². The summed E-state index contributed by atoms with van der Waals surface area (Å²) in [6, 6.07) is 12.6. The Morgan fingerprint density at radius 3 is 2.71 bits per heavy atom. The number of anilines is 1. The first-order valence-electron chi connectivity index (χ1n) is 7.26. The number of hydrogen-bond acceptors (Lipinski definition) is 5. The van der Waals surface area contributed by atoms with Gasteiger partial charge in [0, 0.05) is 11.1 Å². The van der Waals surface area contributed by atoms with Crippen LogP contribution in [-0.2, 0) is 6.54 Å². The molecule has 0 saturated carbocycles. The minimum absolute atomic E-state index is 0.279. The number of benzene rings is 2. The van der Waals surface area contributed by atoms with E-state index in [0.717, 1.165) is 11.1 Å². The van der Waals surface area contributed by atoms with Crippen LogP contribution >= 0.6 is 11.6 Å². The number of amides is 1. The van der Waals surface area contributed by atoms with Crippen LogP contribution in [-0.4, -0.2) is 16.0 Å². The lowest BCUT2D eigenvalue weighted by atomic mass is 10.1. The number of nitrogens with zero attached hydrogens (tertiary/aromatic N) is 2. The fourth-order valence-electron chi connectivity index (χ4n) is 2.13. The molecule has 0 fully saturated rings. The lowest BCUT2D eigenvalue weighted by molar-refractivity contribution is 0.100. The maximum Gasteiger partial charge on any atom is 0.248 e. The highest BCUT2D eigenvalue weighted by Gasteiger charge is 2.10. The second-order valence-corrected chi connectivity index (χ2v) is 5.70. The Hall–Kier alpha value is -2.86. The number of aryl methyl sites for hydroxylation is 1. The molecule has 7 heteroatoms. The number of hydrogen-bond donors (Lipinski definition) is 2. The van der Waals surface area contributed by atoms with E-state index in [1.165, 1.54) is 0 Å². The van der Waals surface area contributed by atoms with E-state index < -0.39 is 5.91 Å². The highest BCUT2D eigenvalue weighted by atomic mass is 35.5. The summed E-state index contributed by atoms with van der Waals surface area (Å²) < 4.78 is 5.23. The monoisotopic (exact) mass is 342 g/mol. The van der Waals surface area contributed by atoms with Crippen LogP contribution < -0.4 is 11.1 Å². The molecule has 3 aromatic rings. The Morgan fingerprint density at radius 1 is 1.25 bits per heavy atom. The Morgan fingerprint density at radius 2 is 2.00 bits per heavy atom. The maximum absolute atomic E-state index is 11.2. The molecule has 0 unspecified atom stereocenters. The van der Waals surface area contributed by atoms with Crippen molar-refractivity contribution in [3.63, 3.8) is 0 Å². The first-order valence-corrected chi connectivity index (χ1v) is 7.63. The Kier molecular flexibility index (Phi) is 4.48. The molecule has 6 nitrogen and oxygen atoms in total. The predicted molar refractivity (Wildman–Crippen MR) is 91.8 cm³/mol. The molecule has 0 aliphatic heterocycles. The van der Waals surface area contributed by atoms with Gasteiger partial charge in [-0.25, -0.2) is 0 Å². The van der Waals surface area contributed by atoms with Gasteiger partial charge in [-0.1, -0.05) is 46.6 Å². The highest BCUT2D eigenvalue weighted by molar-refractivity contribution is 6.33. The molecule has 0 atom stereocenters. The quantitative estimate of drug-likeness (QED) is 0.741. The van der Waals surface area contributed by atoms with Crippen LogP contribution in [0, 0.1) is 6.92 Å². The number of nitrogens with one attached hydrogen (secondary N) is 1. The van der Waals surface area contributed by atoms with Crippen molar-refractivity contribution in [2.75, 3.05) is 5.32 Å². The molecule has 3 rings (SSSR count). The number of carbonyl (C=O) groups is 1. The summed E-state index contributed by atoms with van der Waals surface area (Å²) in [5.41, 5.74) is 8.25. The van der Waals surface area contributed by atoms with Gasteiger partial charge in [0.25, 0.3) is 0 Å². The van der Waals surface area contributed by atoms with E-state index in [4.69, 9.17) is 21.9 Å². The van der Waals surface area contributed by atoms with Crippen molar-refractivity contribution >= 4 is 23.2 Å². The van der Waals surface area contributed by atoms with Crippen molar-refractivity contribution in [1.82, 2.24) is 10.1 Å². The van der Waals surface area contributed by atoms with Crippen LogP contribution in [0.4, 0.5) is 5.69 Å². The highest BCUT2D eigenvalue weighted by Crippen LogP contribution is 2.24. The average Bonchev–Trinajstić information content (AvgIpc) is 3.03.